The quantitative estimate of drug-likeness (QED) is 0.0452. The van der Waals surface area contributed by atoms with Crippen molar-refractivity contribution in [1.29, 1.82) is 0 Å². The summed E-state index contributed by atoms with van der Waals surface area (Å²) in [6, 6.07) is 15.5. The zero-order chi connectivity index (χ0) is 35.3. The minimum Gasteiger partial charge on any atom is -0.490 e. The van der Waals surface area contributed by atoms with Gasteiger partial charge in [0.05, 0.1) is 38.2 Å². The Morgan fingerprint density at radius 2 is 1.78 bits per heavy atom. The Balaban J connectivity index is 1.44. The highest BCUT2D eigenvalue weighted by atomic mass is 79.9. The zero-order valence-electron chi connectivity index (χ0n) is 27.9. The first-order chi connectivity index (χ1) is 23.7. The van der Waals surface area contributed by atoms with Crippen LogP contribution in [0.15, 0.2) is 88.1 Å². The minimum absolute atomic E-state index is 0.165. The number of benzene rings is 3. The van der Waals surface area contributed by atoms with Crippen molar-refractivity contribution < 1.29 is 38.4 Å². The van der Waals surface area contributed by atoms with Gasteiger partial charge in [-0.2, -0.15) is 5.10 Å². The molecule has 2 amide bonds. The number of nitrogens with one attached hydrogen (secondary N) is 3. The predicted octanol–water partition coefficient (Wildman–Crippen LogP) is 5.68. The lowest BCUT2D eigenvalue weighted by atomic mass is 9.95. The molecule has 260 valence electrons. The first-order valence-electron chi connectivity index (χ1n) is 15.7. The molecular formula is C36H41BrN4O8. The summed E-state index contributed by atoms with van der Waals surface area (Å²) in [5.41, 5.74) is 6.53. The number of amides is 2. The van der Waals surface area contributed by atoms with E-state index >= 15 is 0 Å². The summed E-state index contributed by atoms with van der Waals surface area (Å²) >= 11 is 3.45. The van der Waals surface area contributed by atoms with Gasteiger partial charge in [-0.15, -0.1) is 6.58 Å². The normalized spacial score (nSPS) is 14.8. The lowest BCUT2D eigenvalue weighted by Crippen LogP contribution is -2.45. The van der Waals surface area contributed by atoms with E-state index in [1.165, 1.54) is 7.11 Å². The molecule has 0 unspecified atom stereocenters. The number of aliphatic hydroxyl groups is 1. The highest BCUT2D eigenvalue weighted by Crippen LogP contribution is 2.36. The van der Waals surface area contributed by atoms with E-state index in [4.69, 9.17) is 23.7 Å². The smallest absolute Gasteiger partial charge is 0.337 e. The Bertz CT molecular complexity index is 1690. The SMILES string of the molecule is C=CCc1cc(/C=N\N[C@@H](O)COc2ccc([C@@H]3NC(=O)NC(C)=C3C(=O)OC)cc2OCC)cc(OCC)c1OCc1ccc(Br)cc1. The molecule has 0 radical (unpaired) electrons. The van der Waals surface area contributed by atoms with E-state index in [2.05, 4.69) is 43.7 Å². The summed E-state index contributed by atoms with van der Waals surface area (Å²) in [4.78, 5) is 24.7. The van der Waals surface area contributed by atoms with Crippen molar-refractivity contribution in [3.63, 3.8) is 0 Å². The number of hydrogen-bond acceptors (Lipinski definition) is 10. The van der Waals surface area contributed by atoms with Crippen LogP contribution in [0.1, 0.15) is 49.1 Å². The number of urea groups is 1. The molecule has 3 aromatic carbocycles. The zero-order valence-corrected chi connectivity index (χ0v) is 29.5. The van der Waals surface area contributed by atoms with Crippen molar-refractivity contribution in [1.82, 2.24) is 16.1 Å². The number of carbonyl (C=O) groups excluding carboxylic acids is 2. The molecule has 4 N–H and O–H groups in total. The summed E-state index contributed by atoms with van der Waals surface area (Å²) in [7, 11) is 1.28. The third kappa shape index (κ3) is 10.00. The van der Waals surface area contributed by atoms with Gasteiger partial charge >= 0.3 is 12.0 Å². The Hall–Kier alpha value is -5.01. The van der Waals surface area contributed by atoms with Gasteiger partial charge in [-0.3, -0.25) is 5.43 Å². The molecular weight excluding hydrogens is 696 g/mol. The van der Waals surface area contributed by atoms with E-state index in [0.29, 0.717) is 60.5 Å². The van der Waals surface area contributed by atoms with Crippen LogP contribution in [0.4, 0.5) is 4.79 Å². The van der Waals surface area contributed by atoms with E-state index in [9.17, 15) is 14.7 Å². The number of hydrogen-bond donors (Lipinski definition) is 4. The highest BCUT2D eigenvalue weighted by Gasteiger charge is 2.32. The molecule has 4 rings (SSSR count). The topological polar surface area (TPSA) is 149 Å². The number of esters is 1. The molecule has 12 nitrogen and oxygen atoms in total. The lowest BCUT2D eigenvalue weighted by molar-refractivity contribution is -0.136. The number of hydrazone groups is 1. The second-order valence-electron chi connectivity index (χ2n) is 10.8. The maximum atomic E-state index is 12.5. The van der Waals surface area contributed by atoms with E-state index < -0.39 is 24.3 Å². The van der Waals surface area contributed by atoms with Crippen LogP contribution in [0.3, 0.4) is 0 Å². The molecule has 1 heterocycles. The minimum atomic E-state index is -1.17. The molecule has 1 aliphatic rings. The number of ether oxygens (including phenoxy) is 5. The summed E-state index contributed by atoms with van der Waals surface area (Å²) in [5.74, 6) is 1.35. The van der Waals surface area contributed by atoms with Gasteiger partial charge in [0, 0.05) is 15.7 Å². The van der Waals surface area contributed by atoms with Crippen LogP contribution < -0.4 is 35.0 Å². The van der Waals surface area contributed by atoms with Crippen LogP contribution in [0.2, 0.25) is 0 Å². The molecule has 0 aliphatic carbocycles. The van der Waals surface area contributed by atoms with E-state index in [1.54, 1.807) is 37.4 Å². The third-order valence-corrected chi connectivity index (χ3v) is 7.75. The standard InChI is InChI=1S/C36H41BrN4O8/c1-6-9-26-16-24(17-30(47-8-3)34(26)49-20-23-10-13-27(37)14-11-23)19-38-41-31(42)21-48-28-15-12-25(18-29(28)46-7-2)33-32(35(43)45-5)22(4)39-36(44)40-33/h6,10-19,31,33,41-42H,1,7-9,20-21H2,2-5H3,(H2,39,40,44)/b38-19-/t31-,33-/m0/s1. The van der Waals surface area contributed by atoms with E-state index in [-0.39, 0.29) is 12.2 Å². The monoisotopic (exact) mass is 736 g/mol. The van der Waals surface area contributed by atoms with Gasteiger partial charge in [0.1, 0.15) is 13.2 Å². The van der Waals surface area contributed by atoms with Crippen molar-refractivity contribution in [2.45, 2.75) is 46.1 Å². The lowest BCUT2D eigenvalue weighted by Gasteiger charge is -2.28. The molecule has 0 aromatic heterocycles. The molecule has 0 saturated heterocycles. The molecule has 0 bridgehead atoms. The van der Waals surface area contributed by atoms with Gasteiger partial charge < -0.3 is 39.4 Å². The van der Waals surface area contributed by atoms with Gasteiger partial charge in [-0.1, -0.05) is 40.2 Å². The second-order valence-corrected chi connectivity index (χ2v) is 11.7. The number of halogens is 1. The first-order valence-corrected chi connectivity index (χ1v) is 16.5. The number of carbonyl (C=O) groups is 2. The Labute approximate surface area is 294 Å². The third-order valence-electron chi connectivity index (χ3n) is 7.22. The van der Waals surface area contributed by atoms with Crippen molar-refractivity contribution in [3.05, 3.63) is 105 Å². The number of methoxy groups -OCH3 is 1. The van der Waals surface area contributed by atoms with Crippen LogP contribution in [0.25, 0.3) is 0 Å². The Morgan fingerprint density at radius 1 is 1.04 bits per heavy atom. The molecule has 49 heavy (non-hydrogen) atoms. The van der Waals surface area contributed by atoms with Crippen LogP contribution in [-0.4, -0.2) is 56.5 Å². The van der Waals surface area contributed by atoms with Crippen molar-refractivity contribution >= 4 is 34.1 Å². The molecule has 0 fully saturated rings. The first kappa shape index (κ1) is 36.8. The van der Waals surface area contributed by atoms with E-state index in [1.807, 2.05) is 50.2 Å². The average Bonchev–Trinajstić information content (AvgIpc) is 3.08. The second kappa shape index (κ2) is 17.9. The molecule has 2 atom stereocenters. The maximum Gasteiger partial charge on any atom is 0.337 e. The summed E-state index contributed by atoms with van der Waals surface area (Å²) in [5, 5.41) is 20.2. The Kier molecular flexibility index (Phi) is 13.5. The number of aliphatic hydroxyl groups excluding tert-OH is 1. The van der Waals surface area contributed by atoms with Crippen LogP contribution in [0.5, 0.6) is 23.0 Å². The highest BCUT2D eigenvalue weighted by molar-refractivity contribution is 9.10. The number of rotatable bonds is 17. The fourth-order valence-corrected chi connectivity index (χ4v) is 5.31. The number of allylic oxidation sites excluding steroid dienone is 2. The van der Waals surface area contributed by atoms with Crippen LogP contribution in [0, 0.1) is 0 Å². The van der Waals surface area contributed by atoms with Gasteiger partial charge in [-0.05, 0) is 80.3 Å². The van der Waals surface area contributed by atoms with Crippen molar-refractivity contribution in [3.8, 4) is 23.0 Å². The fourth-order valence-electron chi connectivity index (χ4n) is 5.05. The summed E-state index contributed by atoms with van der Waals surface area (Å²) in [6.07, 6.45) is 2.74. The molecule has 0 saturated carbocycles. The van der Waals surface area contributed by atoms with Gasteiger partial charge in [0.25, 0.3) is 0 Å². The van der Waals surface area contributed by atoms with Gasteiger partial charge in [0.15, 0.2) is 29.2 Å². The molecule has 0 spiro atoms. The largest absolute Gasteiger partial charge is 0.490 e. The van der Waals surface area contributed by atoms with Crippen LogP contribution >= 0.6 is 15.9 Å². The average molecular weight is 738 g/mol. The Morgan fingerprint density at radius 3 is 2.47 bits per heavy atom. The predicted molar refractivity (Wildman–Crippen MR) is 189 cm³/mol. The number of nitrogens with zero attached hydrogens (tertiary/aromatic N) is 1. The molecule has 1 aliphatic heterocycles. The van der Waals surface area contributed by atoms with Crippen LogP contribution in [-0.2, 0) is 22.6 Å². The van der Waals surface area contributed by atoms with Crippen molar-refractivity contribution in [2.75, 3.05) is 26.9 Å². The van der Waals surface area contributed by atoms with Gasteiger partial charge in [-0.25, -0.2) is 9.59 Å². The van der Waals surface area contributed by atoms with Crippen molar-refractivity contribution in [2.24, 2.45) is 5.10 Å². The fraction of sp³-hybridized carbons (Fsp3) is 0.306. The molecule has 3 aromatic rings. The maximum absolute atomic E-state index is 12.5. The van der Waals surface area contributed by atoms with E-state index in [0.717, 1.165) is 21.2 Å². The summed E-state index contributed by atoms with van der Waals surface area (Å²) in [6.45, 7) is 10.2. The van der Waals surface area contributed by atoms with Gasteiger partial charge in [0.2, 0.25) is 0 Å². The molecule has 13 heteroatoms. The summed E-state index contributed by atoms with van der Waals surface area (Å²) < 4.78 is 29.7.